The van der Waals surface area contributed by atoms with Crippen molar-refractivity contribution in [1.82, 2.24) is 0 Å². The molecule has 1 rings (SSSR count). The second-order valence-corrected chi connectivity index (χ2v) is 4.00. The van der Waals surface area contributed by atoms with Crippen LogP contribution in [0.3, 0.4) is 0 Å². The lowest BCUT2D eigenvalue weighted by Gasteiger charge is -2.13. The van der Waals surface area contributed by atoms with Crippen LogP contribution in [-0.4, -0.2) is 36.5 Å². The summed E-state index contributed by atoms with van der Waals surface area (Å²) in [6, 6.07) is 8.67. The summed E-state index contributed by atoms with van der Waals surface area (Å²) in [6.45, 7) is 3.87. The third kappa shape index (κ3) is 5.47. The molecule has 0 amide bonds. The fraction of sp³-hybridized carbons (Fsp3) is 0.462. The highest BCUT2D eigenvalue weighted by Gasteiger charge is 2.11. The van der Waals surface area contributed by atoms with Crippen molar-refractivity contribution >= 4 is 5.97 Å². The van der Waals surface area contributed by atoms with Crippen LogP contribution in [0.1, 0.15) is 24.2 Å². The Morgan fingerprint density at radius 1 is 1.24 bits per heavy atom. The quantitative estimate of drug-likeness (QED) is 0.765. The van der Waals surface area contributed by atoms with E-state index < -0.39 is 12.1 Å². The number of esters is 1. The lowest BCUT2D eigenvalue weighted by atomic mass is 10.2. The van der Waals surface area contributed by atoms with Crippen LogP contribution in [0.4, 0.5) is 0 Å². The molecule has 0 saturated heterocycles. The van der Waals surface area contributed by atoms with Gasteiger partial charge in [-0.25, -0.2) is 4.79 Å². The fourth-order valence-electron chi connectivity index (χ4n) is 1.18. The third-order valence-electron chi connectivity index (χ3n) is 2.04. The van der Waals surface area contributed by atoms with Crippen LogP contribution in [0.25, 0.3) is 0 Å². The van der Waals surface area contributed by atoms with Crippen LogP contribution in [0.15, 0.2) is 30.3 Å². The molecule has 4 nitrogen and oxygen atoms in total. The SMILES string of the molecule is CC(C)OCC(O)COC(=O)c1ccccc1. The van der Waals surface area contributed by atoms with Gasteiger partial charge in [0, 0.05) is 0 Å². The number of hydrogen-bond acceptors (Lipinski definition) is 4. The van der Waals surface area contributed by atoms with Crippen molar-refractivity contribution in [3.8, 4) is 0 Å². The van der Waals surface area contributed by atoms with Gasteiger partial charge in [0.1, 0.15) is 12.7 Å². The van der Waals surface area contributed by atoms with E-state index in [1.165, 1.54) is 0 Å². The van der Waals surface area contributed by atoms with E-state index in [1.54, 1.807) is 24.3 Å². The molecule has 0 aromatic heterocycles. The van der Waals surface area contributed by atoms with Crippen LogP contribution in [0, 0.1) is 0 Å². The van der Waals surface area contributed by atoms with Gasteiger partial charge in [0.05, 0.1) is 18.3 Å². The largest absolute Gasteiger partial charge is 0.459 e. The molecular formula is C13H18O4. The maximum Gasteiger partial charge on any atom is 0.338 e. The summed E-state index contributed by atoms with van der Waals surface area (Å²) in [4.78, 5) is 11.5. The van der Waals surface area contributed by atoms with Crippen LogP contribution in [0.2, 0.25) is 0 Å². The van der Waals surface area contributed by atoms with E-state index in [1.807, 2.05) is 19.9 Å². The smallest absolute Gasteiger partial charge is 0.338 e. The average Bonchev–Trinajstić information content (AvgIpc) is 2.34. The normalized spacial score (nSPS) is 12.5. The molecule has 1 atom stereocenters. The Kier molecular flexibility index (Phi) is 5.66. The highest BCUT2D eigenvalue weighted by atomic mass is 16.5. The second kappa shape index (κ2) is 7.04. The summed E-state index contributed by atoms with van der Waals surface area (Å²) in [5, 5.41) is 9.49. The number of ether oxygens (including phenoxy) is 2. The molecule has 4 heteroatoms. The maximum absolute atomic E-state index is 11.5. The zero-order chi connectivity index (χ0) is 12.7. The maximum atomic E-state index is 11.5. The molecule has 1 unspecified atom stereocenters. The highest BCUT2D eigenvalue weighted by Crippen LogP contribution is 2.02. The summed E-state index contributed by atoms with van der Waals surface area (Å²) in [7, 11) is 0. The van der Waals surface area contributed by atoms with Gasteiger partial charge in [-0.1, -0.05) is 18.2 Å². The molecule has 17 heavy (non-hydrogen) atoms. The zero-order valence-electron chi connectivity index (χ0n) is 10.1. The molecular weight excluding hydrogens is 220 g/mol. The van der Waals surface area contributed by atoms with Gasteiger partial charge in [0.15, 0.2) is 0 Å². The lowest BCUT2D eigenvalue weighted by Crippen LogP contribution is -2.25. The Morgan fingerprint density at radius 3 is 2.47 bits per heavy atom. The Hall–Kier alpha value is -1.39. The predicted octanol–water partition coefficient (Wildman–Crippen LogP) is 1.63. The van der Waals surface area contributed by atoms with Gasteiger partial charge >= 0.3 is 5.97 Å². The van der Waals surface area contributed by atoms with Crippen molar-refractivity contribution in [2.75, 3.05) is 13.2 Å². The molecule has 0 heterocycles. The molecule has 0 aliphatic carbocycles. The number of aliphatic hydroxyl groups excluding tert-OH is 1. The molecule has 0 fully saturated rings. The van der Waals surface area contributed by atoms with E-state index in [2.05, 4.69) is 0 Å². The van der Waals surface area contributed by atoms with Crippen molar-refractivity contribution in [2.45, 2.75) is 26.1 Å². The molecule has 1 N–H and O–H groups in total. The first-order valence-corrected chi connectivity index (χ1v) is 5.61. The third-order valence-corrected chi connectivity index (χ3v) is 2.04. The molecule has 0 radical (unpaired) electrons. The van der Waals surface area contributed by atoms with Crippen LogP contribution in [0.5, 0.6) is 0 Å². The Balaban J connectivity index is 2.29. The monoisotopic (exact) mass is 238 g/mol. The number of carbonyl (C=O) groups is 1. The van der Waals surface area contributed by atoms with Crippen molar-refractivity contribution in [1.29, 1.82) is 0 Å². The molecule has 0 saturated carbocycles. The van der Waals surface area contributed by atoms with Crippen LogP contribution >= 0.6 is 0 Å². The van der Waals surface area contributed by atoms with E-state index in [0.717, 1.165) is 0 Å². The zero-order valence-corrected chi connectivity index (χ0v) is 10.1. The Bertz CT molecular complexity index is 335. The minimum absolute atomic E-state index is 0.0504. The number of aliphatic hydroxyl groups is 1. The summed E-state index contributed by atoms with van der Waals surface area (Å²) in [5.41, 5.74) is 0.476. The van der Waals surface area contributed by atoms with Gasteiger partial charge in [-0.05, 0) is 26.0 Å². The molecule has 1 aromatic carbocycles. The molecule has 0 spiro atoms. The van der Waals surface area contributed by atoms with Crippen molar-refractivity contribution in [3.05, 3.63) is 35.9 Å². The predicted molar refractivity (Wildman–Crippen MR) is 63.8 cm³/mol. The van der Waals surface area contributed by atoms with Crippen molar-refractivity contribution < 1.29 is 19.4 Å². The molecule has 0 aliphatic rings. The first kappa shape index (κ1) is 13.7. The Morgan fingerprint density at radius 2 is 1.88 bits per heavy atom. The van der Waals surface area contributed by atoms with Crippen molar-refractivity contribution in [3.63, 3.8) is 0 Å². The van der Waals surface area contributed by atoms with Gasteiger partial charge in [-0.2, -0.15) is 0 Å². The summed E-state index contributed by atoms with van der Waals surface area (Å²) in [6.07, 6.45) is -0.737. The van der Waals surface area contributed by atoms with E-state index in [0.29, 0.717) is 5.56 Å². The summed E-state index contributed by atoms with van der Waals surface area (Å²) < 4.78 is 10.2. The van der Waals surface area contributed by atoms with Crippen LogP contribution in [-0.2, 0) is 9.47 Å². The minimum Gasteiger partial charge on any atom is -0.459 e. The minimum atomic E-state index is -0.787. The van der Waals surface area contributed by atoms with E-state index in [4.69, 9.17) is 9.47 Å². The van der Waals surface area contributed by atoms with Crippen LogP contribution < -0.4 is 0 Å². The number of hydrogen-bond donors (Lipinski definition) is 1. The lowest BCUT2D eigenvalue weighted by molar-refractivity contribution is -0.0269. The highest BCUT2D eigenvalue weighted by molar-refractivity contribution is 5.89. The molecule has 0 aliphatic heterocycles. The van der Waals surface area contributed by atoms with Gasteiger partial charge in [0.25, 0.3) is 0 Å². The molecule has 94 valence electrons. The second-order valence-electron chi connectivity index (χ2n) is 4.00. The number of benzene rings is 1. The standard InChI is InChI=1S/C13H18O4/c1-10(2)16-8-12(14)9-17-13(15)11-6-4-3-5-7-11/h3-7,10,12,14H,8-9H2,1-2H3. The topological polar surface area (TPSA) is 55.8 Å². The van der Waals surface area contributed by atoms with Gasteiger partial charge in [-0.15, -0.1) is 0 Å². The first-order chi connectivity index (χ1) is 8.09. The fourth-order valence-corrected chi connectivity index (χ4v) is 1.18. The Labute approximate surface area is 101 Å². The number of carbonyl (C=O) groups excluding carboxylic acids is 1. The van der Waals surface area contributed by atoms with Crippen molar-refractivity contribution in [2.24, 2.45) is 0 Å². The van der Waals surface area contributed by atoms with Gasteiger partial charge in [0.2, 0.25) is 0 Å². The van der Waals surface area contributed by atoms with E-state index >= 15 is 0 Å². The molecule has 1 aromatic rings. The van der Waals surface area contributed by atoms with Gasteiger partial charge in [-0.3, -0.25) is 0 Å². The molecule has 0 bridgehead atoms. The summed E-state index contributed by atoms with van der Waals surface area (Å²) >= 11 is 0. The first-order valence-electron chi connectivity index (χ1n) is 5.61. The number of rotatable bonds is 6. The average molecular weight is 238 g/mol. The summed E-state index contributed by atoms with van der Waals surface area (Å²) in [5.74, 6) is -0.436. The van der Waals surface area contributed by atoms with E-state index in [-0.39, 0.29) is 19.3 Å². The van der Waals surface area contributed by atoms with Gasteiger partial charge < -0.3 is 14.6 Å². The van der Waals surface area contributed by atoms with E-state index in [9.17, 15) is 9.90 Å².